The zero-order valence-corrected chi connectivity index (χ0v) is 10.9. The van der Waals surface area contributed by atoms with Crippen LogP contribution < -0.4 is 5.73 Å². The molecule has 0 spiro atoms. The highest BCUT2D eigenvalue weighted by Gasteiger charge is 2.12. The van der Waals surface area contributed by atoms with E-state index in [1.165, 1.54) is 5.56 Å². The molecular formula is C12H19N3S. The van der Waals surface area contributed by atoms with Gasteiger partial charge in [-0.3, -0.25) is 9.88 Å². The second kappa shape index (κ2) is 5.92. The molecule has 4 heteroatoms. The summed E-state index contributed by atoms with van der Waals surface area (Å²) in [7, 11) is 0. The highest BCUT2D eigenvalue weighted by molar-refractivity contribution is 7.80. The lowest BCUT2D eigenvalue weighted by molar-refractivity contribution is 0.242. The molecule has 0 saturated carbocycles. The molecule has 0 unspecified atom stereocenters. The van der Waals surface area contributed by atoms with Crippen molar-refractivity contribution in [3.63, 3.8) is 0 Å². The van der Waals surface area contributed by atoms with E-state index in [1.807, 2.05) is 12.3 Å². The van der Waals surface area contributed by atoms with E-state index in [0.29, 0.717) is 17.6 Å². The summed E-state index contributed by atoms with van der Waals surface area (Å²) in [5.41, 5.74) is 7.89. The monoisotopic (exact) mass is 237 g/mol. The second-order valence-corrected chi connectivity index (χ2v) is 4.76. The van der Waals surface area contributed by atoms with Crippen LogP contribution >= 0.6 is 12.2 Å². The lowest BCUT2D eigenvalue weighted by Crippen LogP contribution is -2.37. The van der Waals surface area contributed by atoms with Gasteiger partial charge in [0.2, 0.25) is 0 Å². The minimum atomic E-state index is 0.405. The number of pyridine rings is 1. The van der Waals surface area contributed by atoms with E-state index in [0.717, 1.165) is 12.2 Å². The lowest BCUT2D eigenvalue weighted by atomic mass is 10.2. The average molecular weight is 237 g/mol. The van der Waals surface area contributed by atoms with Gasteiger partial charge in [-0.05, 0) is 32.4 Å². The molecule has 1 rings (SSSR count). The van der Waals surface area contributed by atoms with E-state index in [4.69, 9.17) is 18.0 Å². The highest BCUT2D eigenvalue weighted by Crippen LogP contribution is 2.09. The molecule has 0 fully saturated rings. The maximum Gasteiger partial charge on any atom is 0.0870 e. The van der Waals surface area contributed by atoms with Gasteiger partial charge < -0.3 is 5.73 Å². The van der Waals surface area contributed by atoms with Crippen LogP contribution in [0.4, 0.5) is 0 Å². The van der Waals surface area contributed by atoms with Gasteiger partial charge in [0.15, 0.2) is 0 Å². The van der Waals surface area contributed by atoms with Crippen LogP contribution in [-0.2, 0) is 6.54 Å². The molecule has 1 aromatic heterocycles. The van der Waals surface area contributed by atoms with Crippen LogP contribution in [0.15, 0.2) is 18.3 Å². The number of nitrogens with two attached hydrogens (primary N) is 1. The molecule has 16 heavy (non-hydrogen) atoms. The number of rotatable bonds is 5. The van der Waals surface area contributed by atoms with Crippen molar-refractivity contribution in [2.45, 2.75) is 33.4 Å². The molecule has 0 aliphatic rings. The predicted octanol–water partition coefficient (Wildman–Crippen LogP) is 1.89. The van der Waals surface area contributed by atoms with Crippen molar-refractivity contribution in [3.8, 4) is 0 Å². The van der Waals surface area contributed by atoms with Crippen molar-refractivity contribution in [1.82, 2.24) is 9.88 Å². The van der Waals surface area contributed by atoms with Gasteiger partial charge in [-0.2, -0.15) is 0 Å². The number of thiocarbonyl (C=S) groups is 1. The van der Waals surface area contributed by atoms with Crippen LogP contribution in [0, 0.1) is 6.92 Å². The average Bonchev–Trinajstić information content (AvgIpc) is 2.19. The first-order valence-corrected chi connectivity index (χ1v) is 5.84. The summed E-state index contributed by atoms with van der Waals surface area (Å²) < 4.78 is 0. The maximum atomic E-state index is 5.59. The normalized spacial score (nSPS) is 11.1. The summed E-state index contributed by atoms with van der Waals surface area (Å²) in [6, 6.07) is 4.43. The van der Waals surface area contributed by atoms with E-state index in [9.17, 15) is 0 Å². The number of hydrogen-bond acceptors (Lipinski definition) is 3. The Hall–Kier alpha value is -1.00. The summed E-state index contributed by atoms with van der Waals surface area (Å²) in [6.45, 7) is 7.78. The lowest BCUT2D eigenvalue weighted by Gasteiger charge is -2.25. The summed E-state index contributed by atoms with van der Waals surface area (Å²) in [5.74, 6) is 0. The van der Waals surface area contributed by atoms with Crippen LogP contribution in [0.3, 0.4) is 0 Å². The van der Waals surface area contributed by atoms with Crippen molar-refractivity contribution in [2.75, 3.05) is 6.54 Å². The first-order valence-electron chi connectivity index (χ1n) is 5.43. The van der Waals surface area contributed by atoms with Crippen LogP contribution in [0.25, 0.3) is 0 Å². The van der Waals surface area contributed by atoms with Crippen molar-refractivity contribution in [2.24, 2.45) is 5.73 Å². The third-order valence-corrected chi connectivity index (χ3v) is 2.69. The number of nitrogens with zero attached hydrogens (tertiary/aromatic N) is 2. The fourth-order valence-corrected chi connectivity index (χ4v) is 1.66. The van der Waals surface area contributed by atoms with Crippen molar-refractivity contribution < 1.29 is 0 Å². The summed E-state index contributed by atoms with van der Waals surface area (Å²) in [6.07, 6.45) is 1.82. The molecule has 0 aliphatic heterocycles. The van der Waals surface area contributed by atoms with Gasteiger partial charge >= 0.3 is 0 Å². The smallest absolute Gasteiger partial charge is 0.0870 e. The fraction of sp³-hybridized carbons (Fsp3) is 0.500. The molecule has 0 amide bonds. The Morgan fingerprint density at radius 1 is 1.56 bits per heavy atom. The maximum absolute atomic E-state index is 5.59. The highest BCUT2D eigenvalue weighted by atomic mass is 32.1. The summed E-state index contributed by atoms with van der Waals surface area (Å²) >= 11 is 4.96. The third kappa shape index (κ3) is 3.87. The molecule has 2 N–H and O–H groups in total. The molecule has 1 aromatic rings. The minimum absolute atomic E-state index is 0.405. The Kier molecular flexibility index (Phi) is 4.83. The first-order chi connectivity index (χ1) is 7.50. The van der Waals surface area contributed by atoms with Gasteiger partial charge in [0.05, 0.1) is 10.7 Å². The molecule has 88 valence electrons. The molecule has 0 radical (unpaired) electrons. The third-order valence-electron chi connectivity index (χ3n) is 2.56. The molecular weight excluding hydrogens is 218 g/mol. The zero-order valence-electron chi connectivity index (χ0n) is 10.1. The number of hydrogen-bond donors (Lipinski definition) is 1. The molecule has 0 atom stereocenters. The Bertz CT molecular complexity index is 363. The van der Waals surface area contributed by atoms with Crippen LogP contribution in [0.2, 0.25) is 0 Å². The van der Waals surface area contributed by atoms with Gasteiger partial charge in [-0.15, -0.1) is 0 Å². The van der Waals surface area contributed by atoms with E-state index in [1.54, 1.807) is 0 Å². The Labute approximate surface area is 103 Å². The largest absolute Gasteiger partial charge is 0.392 e. The van der Waals surface area contributed by atoms with Gasteiger partial charge in [0.25, 0.3) is 0 Å². The minimum Gasteiger partial charge on any atom is -0.392 e. The summed E-state index contributed by atoms with van der Waals surface area (Å²) in [5, 5.41) is 0. The first kappa shape index (κ1) is 13.1. The molecule has 1 heterocycles. The molecule has 0 saturated heterocycles. The second-order valence-electron chi connectivity index (χ2n) is 4.23. The quantitative estimate of drug-likeness (QED) is 0.794. The fourth-order valence-electron chi connectivity index (χ4n) is 1.50. The van der Waals surface area contributed by atoms with Crippen molar-refractivity contribution >= 4 is 17.2 Å². The topological polar surface area (TPSA) is 42.2 Å². The van der Waals surface area contributed by atoms with Crippen LogP contribution in [-0.4, -0.2) is 27.5 Å². The Balaban J connectivity index is 2.76. The van der Waals surface area contributed by atoms with Gasteiger partial charge in [-0.25, -0.2) is 0 Å². The molecule has 3 nitrogen and oxygen atoms in total. The van der Waals surface area contributed by atoms with Crippen LogP contribution in [0.5, 0.6) is 0 Å². The standard InChI is InChI=1S/C12H19N3S/c1-9(2)15(8-12(13)16)7-11-10(3)5-4-6-14-11/h4-6,9H,7-8H2,1-3H3,(H2,13,16). The van der Waals surface area contributed by atoms with E-state index in [2.05, 4.69) is 36.7 Å². The molecule has 0 aromatic carbocycles. The van der Waals surface area contributed by atoms with Gasteiger partial charge in [0, 0.05) is 25.3 Å². The van der Waals surface area contributed by atoms with Crippen molar-refractivity contribution in [3.05, 3.63) is 29.6 Å². The van der Waals surface area contributed by atoms with E-state index in [-0.39, 0.29) is 0 Å². The molecule has 0 bridgehead atoms. The SMILES string of the molecule is Cc1cccnc1CN(CC(N)=S)C(C)C. The Morgan fingerprint density at radius 2 is 2.25 bits per heavy atom. The van der Waals surface area contributed by atoms with Gasteiger partial charge in [0.1, 0.15) is 0 Å². The van der Waals surface area contributed by atoms with E-state index >= 15 is 0 Å². The Morgan fingerprint density at radius 3 is 2.75 bits per heavy atom. The van der Waals surface area contributed by atoms with E-state index < -0.39 is 0 Å². The number of aryl methyl sites for hydroxylation is 1. The molecule has 0 aliphatic carbocycles. The summed E-state index contributed by atoms with van der Waals surface area (Å²) in [4.78, 5) is 7.13. The van der Waals surface area contributed by atoms with Gasteiger partial charge in [-0.1, -0.05) is 18.3 Å². The number of aromatic nitrogens is 1. The van der Waals surface area contributed by atoms with Crippen LogP contribution in [0.1, 0.15) is 25.1 Å². The predicted molar refractivity (Wildman–Crippen MR) is 71.3 cm³/mol. The zero-order chi connectivity index (χ0) is 12.1. The van der Waals surface area contributed by atoms with Crippen molar-refractivity contribution in [1.29, 1.82) is 0 Å².